The summed E-state index contributed by atoms with van der Waals surface area (Å²) < 4.78 is 17.6. The first-order chi connectivity index (χ1) is 13.5. The standard InChI is InChI=1S/C19H20N2O7/c1-20-7-6-18-13-9-4-5-10(24-2)15(13)26-17(18)11(25-3)8-12-19(18,21(22)23)16(20)14(9)28-27-12/h4-5,8,12,14,16-17H,6-7H2,1-3H3/t12-,14+,16?,17-,18-,19+/m0/s1. The molecule has 9 nitrogen and oxygen atoms in total. The van der Waals surface area contributed by atoms with Crippen LogP contribution >= 0.6 is 0 Å². The molecule has 2 aliphatic carbocycles. The third-order valence-corrected chi connectivity index (χ3v) is 7.40. The molecule has 1 spiro atoms. The number of nitro groups is 1. The highest BCUT2D eigenvalue weighted by atomic mass is 17.2. The van der Waals surface area contributed by atoms with Crippen molar-refractivity contribution in [1.82, 2.24) is 4.90 Å². The Morgan fingerprint density at radius 2 is 2.11 bits per heavy atom. The Labute approximate surface area is 160 Å². The largest absolute Gasteiger partial charge is 0.497 e. The van der Waals surface area contributed by atoms with Gasteiger partial charge in [-0.15, -0.1) is 0 Å². The monoisotopic (exact) mass is 388 g/mol. The minimum absolute atomic E-state index is 0.162. The number of fused-ring (bicyclic) bond motifs is 1. The lowest BCUT2D eigenvalue weighted by Crippen LogP contribution is -2.84. The third kappa shape index (κ3) is 1.41. The number of likely N-dealkylation sites (N-methyl/N-ethyl adjacent to an activating group) is 1. The molecule has 148 valence electrons. The van der Waals surface area contributed by atoms with E-state index in [1.165, 1.54) is 0 Å². The van der Waals surface area contributed by atoms with Crippen LogP contribution in [0.1, 0.15) is 23.7 Å². The van der Waals surface area contributed by atoms with Crippen LogP contribution in [0, 0.1) is 10.1 Å². The zero-order valence-electron chi connectivity index (χ0n) is 15.7. The lowest BCUT2D eigenvalue weighted by atomic mass is 9.47. The highest BCUT2D eigenvalue weighted by Crippen LogP contribution is 2.70. The van der Waals surface area contributed by atoms with Crippen LogP contribution in [0.15, 0.2) is 24.0 Å². The molecular weight excluding hydrogens is 368 g/mol. The first kappa shape index (κ1) is 16.6. The second-order valence-electron chi connectivity index (χ2n) is 8.10. The van der Waals surface area contributed by atoms with E-state index in [1.54, 1.807) is 20.3 Å². The quantitative estimate of drug-likeness (QED) is 0.435. The molecule has 0 amide bonds. The lowest BCUT2D eigenvalue weighted by Gasteiger charge is -2.63. The Morgan fingerprint density at radius 1 is 1.29 bits per heavy atom. The number of benzene rings is 1. The lowest BCUT2D eigenvalue weighted by molar-refractivity contribution is -0.645. The number of hydrogen-bond acceptors (Lipinski definition) is 8. The Morgan fingerprint density at radius 3 is 2.82 bits per heavy atom. The van der Waals surface area contributed by atoms with Gasteiger partial charge in [-0.2, -0.15) is 0 Å². The second-order valence-corrected chi connectivity index (χ2v) is 8.10. The SMILES string of the molecule is COC1=C[C@@H]2OO[C@@H]3c4ccc(OC)c5c4[C@@]4(CCN(C)C3[C@]24[N+](=O)[O-])[C@H]1O5. The van der Waals surface area contributed by atoms with Gasteiger partial charge in [0, 0.05) is 10.5 Å². The number of piperidine rings is 1. The molecule has 6 atom stereocenters. The zero-order chi connectivity index (χ0) is 19.4. The van der Waals surface area contributed by atoms with E-state index in [4.69, 9.17) is 24.0 Å². The van der Waals surface area contributed by atoms with Crippen molar-refractivity contribution in [3.05, 3.63) is 45.2 Å². The van der Waals surface area contributed by atoms with Crippen molar-refractivity contribution in [1.29, 1.82) is 0 Å². The summed E-state index contributed by atoms with van der Waals surface area (Å²) in [4.78, 5) is 26.2. The molecule has 4 bridgehead atoms. The van der Waals surface area contributed by atoms with Crippen LogP contribution in [-0.2, 0) is 19.9 Å². The summed E-state index contributed by atoms with van der Waals surface area (Å²) >= 11 is 0. The minimum atomic E-state index is -1.44. The van der Waals surface area contributed by atoms with Crippen LogP contribution in [0.2, 0.25) is 0 Å². The molecular formula is C19H20N2O7. The number of ether oxygens (including phenoxy) is 3. The molecule has 0 aromatic heterocycles. The molecule has 9 heteroatoms. The van der Waals surface area contributed by atoms with Crippen molar-refractivity contribution in [2.45, 2.75) is 41.7 Å². The van der Waals surface area contributed by atoms with Crippen molar-refractivity contribution in [2.24, 2.45) is 0 Å². The van der Waals surface area contributed by atoms with Crippen molar-refractivity contribution in [2.75, 3.05) is 27.8 Å². The number of nitrogens with zero attached hydrogens (tertiary/aromatic N) is 2. The molecule has 6 rings (SSSR count). The van der Waals surface area contributed by atoms with Gasteiger partial charge in [0.1, 0.15) is 23.3 Å². The number of rotatable bonds is 3. The van der Waals surface area contributed by atoms with Crippen LogP contribution in [-0.4, -0.2) is 61.4 Å². The van der Waals surface area contributed by atoms with Gasteiger partial charge >= 0.3 is 0 Å². The maximum atomic E-state index is 12.9. The summed E-state index contributed by atoms with van der Waals surface area (Å²) in [5.41, 5.74) is -0.681. The molecule has 3 aliphatic heterocycles. The van der Waals surface area contributed by atoms with Crippen molar-refractivity contribution in [3.8, 4) is 11.5 Å². The highest BCUT2D eigenvalue weighted by Gasteiger charge is 2.86. The van der Waals surface area contributed by atoms with E-state index in [2.05, 4.69) is 0 Å². The Balaban J connectivity index is 1.80. The molecule has 0 radical (unpaired) electrons. The van der Waals surface area contributed by atoms with Gasteiger partial charge in [0.25, 0.3) is 5.54 Å². The molecule has 5 aliphatic rings. The Kier molecular flexibility index (Phi) is 2.94. The van der Waals surface area contributed by atoms with E-state index in [9.17, 15) is 10.1 Å². The molecule has 1 aromatic rings. The second kappa shape index (κ2) is 4.97. The van der Waals surface area contributed by atoms with E-state index in [1.807, 2.05) is 24.1 Å². The maximum absolute atomic E-state index is 12.9. The van der Waals surface area contributed by atoms with Crippen LogP contribution in [0.25, 0.3) is 0 Å². The van der Waals surface area contributed by atoms with E-state index in [-0.39, 0.29) is 4.92 Å². The summed E-state index contributed by atoms with van der Waals surface area (Å²) in [6, 6.07) is 3.26. The fourth-order valence-corrected chi connectivity index (χ4v) is 6.46. The van der Waals surface area contributed by atoms with Gasteiger partial charge < -0.3 is 14.2 Å². The van der Waals surface area contributed by atoms with Gasteiger partial charge in [-0.1, -0.05) is 6.07 Å². The van der Waals surface area contributed by atoms with E-state index in [0.29, 0.717) is 30.2 Å². The van der Waals surface area contributed by atoms with Crippen LogP contribution in [0.4, 0.5) is 0 Å². The van der Waals surface area contributed by atoms with Gasteiger partial charge in [-0.3, -0.25) is 15.0 Å². The van der Waals surface area contributed by atoms with Gasteiger partial charge in [-0.25, -0.2) is 9.78 Å². The summed E-state index contributed by atoms with van der Waals surface area (Å²) in [5.74, 6) is 1.64. The van der Waals surface area contributed by atoms with Gasteiger partial charge in [0.2, 0.25) is 0 Å². The molecule has 2 fully saturated rings. The zero-order valence-corrected chi connectivity index (χ0v) is 15.7. The Bertz CT molecular complexity index is 948. The highest BCUT2D eigenvalue weighted by molar-refractivity contribution is 5.65. The molecule has 28 heavy (non-hydrogen) atoms. The molecule has 1 unspecified atom stereocenters. The topological polar surface area (TPSA) is 92.5 Å². The first-order valence-electron chi connectivity index (χ1n) is 9.33. The fourth-order valence-electron chi connectivity index (χ4n) is 6.46. The van der Waals surface area contributed by atoms with Crippen LogP contribution in [0.5, 0.6) is 11.5 Å². The molecule has 3 heterocycles. The van der Waals surface area contributed by atoms with E-state index in [0.717, 1.165) is 11.1 Å². The number of methoxy groups -OCH3 is 2. The van der Waals surface area contributed by atoms with Crippen LogP contribution in [0.3, 0.4) is 0 Å². The fraction of sp³-hybridized carbons (Fsp3) is 0.579. The average Bonchev–Trinajstić information content (AvgIpc) is 3.04. The Hall–Kier alpha value is -2.36. The smallest absolute Gasteiger partial charge is 0.286 e. The predicted octanol–water partition coefficient (Wildman–Crippen LogP) is 1.34. The molecule has 0 saturated carbocycles. The summed E-state index contributed by atoms with van der Waals surface area (Å²) in [5, 5.41) is 12.9. The van der Waals surface area contributed by atoms with Crippen molar-refractivity contribution >= 4 is 0 Å². The van der Waals surface area contributed by atoms with Crippen molar-refractivity contribution in [3.63, 3.8) is 0 Å². The molecule has 1 aromatic carbocycles. The number of hydrogen-bond donors (Lipinski definition) is 0. The van der Waals surface area contributed by atoms with Gasteiger partial charge in [0.05, 0.1) is 14.2 Å². The van der Waals surface area contributed by atoms with Gasteiger partial charge in [0.15, 0.2) is 23.7 Å². The van der Waals surface area contributed by atoms with Gasteiger partial charge in [-0.05, 0) is 37.7 Å². The summed E-state index contributed by atoms with van der Waals surface area (Å²) in [6.07, 6.45) is 0.123. The van der Waals surface area contributed by atoms with Crippen molar-refractivity contribution < 1.29 is 28.9 Å². The molecule has 0 N–H and O–H groups in total. The normalized spacial score (nSPS) is 41.8. The summed E-state index contributed by atoms with van der Waals surface area (Å²) in [6.45, 7) is 0.680. The van der Waals surface area contributed by atoms with E-state index < -0.39 is 35.3 Å². The number of likely N-dealkylation sites (tertiary alicyclic amines) is 1. The average molecular weight is 388 g/mol. The van der Waals surface area contributed by atoms with Crippen LogP contribution < -0.4 is 9.47 Å². The van der Waals surface area contributed by atoms with E-state index >= 15 is 0 Å². The predicted molar refractivity (Wildman–Crippen MR) is 93.6 cm³/mol. The summed E-state index contributed by atoms with van der Waals surface area (Å²) in [7, 11) is 5.03. The minimum Gasteiger partial charge on any atom is -0.497 e. The molecule has 2 saturated heterocycles. The first-order valence-corrected chi connectivity index (χ1v) is 9.33. The third-order valence-electron chi connectivity index (χ3n) is 7.40. The maximum Gasteiger partial charge on any atom is 0.286 e.